The van der Waals surface area contributed by atoms with Crippen molar-refractivity contribution in [2.45, 2.75) is 33.3 Å². The summed E-state index contributed by atoms with van der Waals surface area (Å²) < 4.78 is 16.0. The van der Waals surface area contributed by atoms with Crippen LogP contribution in [0.25, 0.3) is 22.6 Å². The number of carbonyl (C=O) groups is 1. The SMILES string of the molecule is CNCC(O)COc1cccc(-c2nc(CC3CN(C(=O)OC)C3)c(C)c(-c3c(C)noc3C)n2)c1. The third-order valence-electron chi connectivity index (χ3n) is 6.36. The van der Waals surface area contributed by atoms with Gasteiger partial charge in [0.25, 0.3) is 0 Å². The summed E-state index contributed by atoms with van der Waals surface area (Å²) in [6, 6.07) is 7.54. The Hall–Kier alpha value is -3.50. The number of likely N-dealkylation sites (N-methyl/N-ethyl adjacent to an activating group) is 1. The van der Waals surface area contributed by atoms with E-state index in [9.17, 15) is 9.90 Å². The van der Waals surface area contributed by atoms with E-state index in [1.807, 2.05) is 45.0 Å². The lowest BCUT2D eigenvalue weighted by Crippen LogP contribution is -2.50. The number of benzene rings is 1. The topological polar surface area (TPSA) is 123 Å². The second-order valence-electron chi connectivity index (χ2n) is 9.16. The summed E-state index contributed by atoms with van der Waals surface area (Å²) in [6.07, 6.45) is -0.212. The molecular weight excluding hydrogens is 462 g/mol. The molecule has 1 saturated heterocycles. The molecule has 10 heteroatoms. The first kappa shape index (κ1) is 25.6. The molecule has 36 heavy (non-hydrogen) atoms. The highest BCUT2D eigenvalue weighted by molar-refractivity contribution is 5.71. The maximum Gasteiger partial charge on any atom is 0.409 e. The van der Waals surface area contributed by atoms with E-state index in [-0.39, 0.29) is 18.6 Å². The third kappa shape index (κ3) is 5.50. The third-order valence-corrected chi connectivity index (χ3v) is 6.36. The van der Waals surface area contributed by atoms with Crippen LogP contribution in [0.2, 0.25) is 0 Å². The minimum Gasteiger partial charge on any atom is -0.491 e. The normalized spacial score (nSPS) is 14.4. The number of amides is 1. The Morgan fingerprint density at radius 2 is 2.06 bits per heavy atom. The van der Waals surface area contributed by atoms with Gasteiger partial charge < -0.3 is 29.3 Å². The number of hydrogen-bond donors (Lipinski definition) is 2. The number of aliphatic hydroxyl groups excluding tert-OH is 1. The van der Waals surface area contributed by atoms with Crippen molar-refractivity contribution in [3.05, 3.63) is 47.0 Å². The van der Waals surface area contributed by atoms with Crippen LogP contribution in [-0.2, 0) is 11.2 Å². The first-order valence-corrected chi connectivity index (χ1v) is 12.0. The average Bonchev–Trinajstić information content (AvgIpc) is 3.18. The molecule has 1 aliphatic rings. The molecule has 1 atom stereocenters. The molecule has 2 N–H and O–H groups in total. The zero-order valence-corrected chi connectivity index (χ0v) is 21.4. The number of likely N-dealkylation sites (tertiary alicyclic amines) is 1. The molecule has 0 spiro atoms. The zero-order chi connectivity index (χ0) is 25.8. The van der Waals surface area contributed by atoms with Crippen LogP contribution in [0.15, 0.2) is 28.8 Å². The van der Waals surface area contributed by atoms with Crippen LogP contribution in [-0.4, -0.2) is 77.7 Å². The number of aromatic nitrogens is 3. The molecule has 1 amide bonds. The molecule has 0 saturated carbocycles. The van der Waals surface area contributed by atoms with Gasteiger partial charge >= 0.3 is 6.09 Å². The molecule has 10 nitrogen and oxygen atoms in total. The lowest BCUT2D eigenvalue weighted by atomic mass is 9.92. The number of hydrogen-bond acceptors (Lipinski definition) is 9. The van der Waals surface area contributed by atoms with Crippen LogP contribution in [0.4, 0.5) is 4.79 Å². The van der Waals surface area contributed by atoms with E-state index < -0.39 is 6.10 Å². The van der Waals surface area contributed by atoms with Gasteiger partial charge in [0.1, 0.15) is 24.2 Å². The van der Waals surface area contributed by atoms with Gasteiger partial charge in [0, 0.05) is 30.9 Å². The maximum absolute atomic E-state index is 11.8. The van der Waals surface area contributed by atoms with E-state index in [1.165, 1.54) is 7.11 Å². The molecule has 3 aromatic rings. The van der Waals surface area contributed by atoms with Crippen molar-refractivity contribution in [2.24, 2.45) is 5.92 Å². The van der Waals surface area contributed by atoms with Crippen molar-refractivity contribution >= 4 is 6.09 Å². The Bertz CT molecular complexity index is 1200. The number of nitrogens with zero attached hydrogens (tertiary/aromatic N) is 4. The fraction of sp³-hybridized carbons (Fsp3) is 0.462. The van der Waals surface area contributed by atoms with Gasteiger partial charge in [-0.2, -0.15) is 0 Å². The Morgan fingerprint density at radius 1 is 1.28 bits per heavy atom. The summed E-state index contributed by atoms with van der Waals surface area (Å²) in [5, 5.41) is 17.0. The van der Waals surface area contributed by atoms with Crippen LogP contribution in [0, 0.1) is 26.7 Å². The zero-order valence-electron chi connectivity index (χ0n) is 21.4. The number of carbonyl (C=O) groups excluding carboxylic acids is 1. The van der Waals surface area contributed by atoms with Gasteiger partial charge in [-0.1, -0.05) is 17.3 Å². The predicted molar refractivity (Wildman–Crippen MR) is 134 cm³/mol. The number of nitrogens with one attached hydrogen (secondary N) is 1. The van der Waals surface area contributed by atoms with E-state index in [0.717, 1.165) is 33.8 Å². The summed E-state index contributed by atoms with van der Waals surface area (Å²) >= 11 is 0. The highest BCUT2D eigenvalue weighted by Crippen LogP contribution is 2.33. The number of ether oxygens (including phenoxy) is 2. The fourth-order valence-electron chi connectivity index (χ4n) is 4.42. The Balaban J connectivity index is 1.67. The molecule has 0 aliphatic carbocycles. The summed E-state index contributed by atoms with van der Waals surface area (Å²) in [5.74, 6) is 2.17. The molecule has 1 fully saturated rings. The Labute approximate surface area is 210 Å². The highest BCUT2D eigenvalue weighted by Gasteiger charge is 2.32. The Morgan fingerprint density at radius 3 is 2.72 bits per heavy atom. The molecule has 1 unspecified atom stereocenters. The molecule has 1 aliphatic heterocycles. The van der Waals surface area contributed by atoms with E-state index >= 15 is 0 Å². The van der Waals surface area contributed by atoms with Gasteiger partial charge in [0.15, 0.2) is 5.82 Å². The van der Waals surface area contributed by atoms with E-state index in [1.54, 1.807) is 11.9 Å². The van der Waals surface area contributed by atoms with Crippen molar-refractivity contribution in [1.82, 2.24) is 25.3 Å². The van der Waals surface area contributed by atoms with Crippen molar-refractivity contribution in [2.75, 3.05) is 40.4 Å². The fourth-order valence-corrected chi connectivity index (χ4v) is 4.42. The minimum absolute atomic E-state index is 0.174. The van der Waals surface area contributed by atoms with Gasteiger partial charge in [0.2, 0.25) is 0 Å². The second-order valence-corrected chi connectivity index (χ2v) is 9.16. The van der Waals surface area contributed by atoms with Gasteiger partial charge in [-0.05, 0) is 57.9 Å². The van der Waals surface area contributed by atoms with E-state index in [4.69, 9.17) is 24.0 Å². The lowest BCUT2D eigenvalue weighted by molar-refractivity contribution is 0.0674. The van der Waals surface area contributed by atoms with E-state index in [0.29, 0.717) is 43.4 Å². The number of aliphatic hydroxyl groups is 1. The molecule has 4 rings (SSSR count). The van der Waals surface area contributed by atoms with Crippen molar-refractivity contribution in [1.29, 1.82) is 0 Å². The highest BCUT2D eigenvalue weighted by atomic mass is 16.5. The molecular formula is C26H33N5O5. The monoisotopic (exact) mass is 495 g/mol. The van der Waals surface area contributed by atoms with Gasteiger partial charge in [-0.25, -0.2) is 14.8 Å². The summed E-state index contributed by atoms with van der Waals surface area (Å²) in [7, 11) is 3.18. The van der Waals surface area contributed by atoms with Crippen LogP contribution < -0.4 is 10.1 Å². The van der Waals surface area contributed by atoms with Crippen LogP contribution in [0.1, 0.15) is 22.7 Å². The Kier molecular flexibility index (Phi) is 7.85. The first-order chi connectivity index (χ1) is 17.3. The summed E-state index contributed by atoms with van der Waals surface area (Å²) in [5.41, 5.74) is 5.10. The molecule has 1 aromatic carbocycles. The molecule has 2 aromatic heterocycles. The number of methoxy groups -OCH3 is 1. The largest absolute Gasteiger partial charge is 0.491 e. The summed E-state index contributed by atoms with van der Waals surface area (Å²) in [6.45, 7) is 7.67. The number of rotatable bonds is 9. The van der Waals surface area contributed by atoms with Crippen molar-refractivity contribution < 1.29 is 23.9 Å². The second kappa shape index (κ2) is 11.0. The van der Waals surface area contributed by atoms with Crippen LogP contribution >= 0.6 is 0 Å². The molecule has 0 bridgehead atoms. The molecule has 0 radical (unpaired) electrons. The van der Waals surface area contributed by atoms with Gasteiger partial charge in [-0.3, -0.25) is 0 Å². The molecule has 3 heterocycles. The smallest absolute Gasteiger partial charge is 0.409 e. The standard InChI is InChI=1S/C26H33N5O5/c1-15-22(9-18-12-31(13-18)26(33)34-5)28-25(29-24(15)23-16(2)30-36-17(23)3)19-7-6-8-21(10-19)35-14-20(32)11-27-4/h6-8,10,18,20,27,32H,9,11-14H2,1-5H3. The van der Waals surface area contributed by atoms with Gasteiger partial charge in [-0.15, -0.1) is 0 Å². The minimum atomic E-state index is -0.612. The number of aryl methyl sites for hydroxylation is 2. The van der Waals surface area contributed by atoms with Gasteiger partial charge in [0.05, 0.1) is 24.1 Å². The average molecular weight is 496 g/mol. The molecule has 192 valence electrons. The quantitative estimate of drug-likeness (QED) is 0.461. The van der Waals surface area contributed by atoms with Crippen molar-refractivity contribution in [3.8, 4) is 28.4 Å². The van der Waals surface area contributed by atoms with E-state index in [2.05, 4.69) is 10.5 Å². The van der Waals surface area contributed by atoms with Crippen molar-refractivity contribution in [3.63, 3.8) is 0 Å². The predicted octanol–water partition coefficient (Wildman–Crippen LogP) is 2.92. The lowest BCUT2D eigenvalue weighted by Gasteiger charge is -2.38. The maximum atomic E-state index is 11.8. The first-order valence-electron chi connectivity index (χ1n) is 12.0. The van der Waals surface area contributed by atoms with Crippen LogP contribution in [0.5, 0.6) is 5.75 Å². The summed E-state index contributed by atoms with van der Waals surface area (Å²) in [4.78, 5) is 23.3. The van der Waals surface area contributed by atoms with Crippen LogP contribution in [0.3, 0.4) is 0 Å².